The Morgan fingerprint density at radius 2 is 2.12 bits per heavy atom. The third-order valence-corrected chi connectivity index (χ3v) is 4.80. The Bertz CT molecular complexity index is 706. The predicted octanol–water partition coefficient (Wildman–Crippen LogP) is 1.83. The van der Waals surface area contributed by atoms with Gasteiger partial charge in [0.15, 0.2) is 0 Å². The minimum absolute atomic E-state index is 0.126. The summed E-state index contributed by atoms with van der Waals surface area (Å²) in [4.78, 5) is 14.6. The summed E-state index contributed by atoms with van der Waals surface area (Å²) in [5.74, 6) is 1.45. The van der Waals surface area contributed by atoms with Crippen molar-refractivity contribution in [1.82, 2.24) is 15.0 Å². The first-order chi connectivity index (χ1) is 12.3. The molecule has 0 bridgehead atoms. The van der Waals surface area contributed by atoms with Crippen LogP contribution in [0.2, 0.25) is 0 Å². The van der Waals surface area contributed by atoms with Crippen LogP contribution in [0.4, 0.5) is 5.82 Å². The summed E-state index contributed by atoms with van der Waals surface area (Å²) < 4.78 is 17.4. The van der Waals surface area contributed by atoms with E-state index in [1.54, 1.807) is 19.5 Å². The zero-order valence-electron chi connectivity index (χ0n) is 14.3. The maximum atomic E-state index is 6.11. The highest BCUT2D eigenvalue weighted by atomic mass is 16.5. The van der Waals surface area contributed by atoms with Crippen molar-refractivity contribution in [3.8, 4) is 5.88 Å². The molecule has 2 aromatic heterocycles. The molecule has 2 fully saturated rings. The summed E-state index contributed by atoms with van der Waals surface area (Å²) in [5, 5.41) is 0. The molecule has 0 N–H and O–H groups in total. The van der Waals surface area contributed by atoms with Crippen LogP contribution in [0.3, 0.4) is 0 Å². The average molecular weight is 342 g/mol. The Labute approximate surface area is 147 Å². The molecule has 1 atom stereocenters. The minimum Gasteiger partial charge on any atom is -0.481 e. The molecule has 2 saturated heterocycles. The van der Waals surface area contributed by atoms with E-state index in [1.165, 1.54) is 6.33 Å². The van der Waals surface area contributed by atoms with E-state index in [4.69, 9.17) is 14.2 Å². The van der Waals surface area contributed by atoms with Gasteiger partial charge in [0.1, 0.15) is 17.7 Å². The Balaban J connectivity index is 1.33. The van der Waals surface area contributed by atoms with Crippen molar-refractivity contribution in [2.45, 2.75) is 31.2 Å². The van der Waals surface area contributed by atoms with Crippen LogP contribution in [0.25, 0.3) is 0 Å². The molecule has 4 rings (SSSR count). The van der Waals surface area contributed by atoms with E-state index >= 15 is 0 Å². The van der Waals surface area contributed by atoms with E-state index in [1.807, 2.05) is 18.2 Å². The van der Waals surface area contributed by atoms with Crippen molar-refractivity contribution in [3.05, 3.63) is 42.5 Å². The highest BCUT2D eigenvalue weighted by Crippen LogP contribution is 2.37. The zero-order chi connectivity index (χ0) is 17.1. The second-order valence-corrected chi connectivity index (χ2v) is 6.59. The highest BCUT2D eigenvalue weighted by molar-refractivity contribution is 5.45. The number of anilines is 1. The summed E-state index contributed by atoms with van der Waals surface area (Å²) in [6, 6.07) is 5.83. The van der Waals surface area contributed by atoms with Crippen LogP contribution in [0.5, 0.6) is 5.88 Å². The van der Waals surface area contributed by atoms with Crippen molar-refractivity contribution in [2.24, 2.45) is 0 Å². The summed E-state index contributed by atoms with van der Waals surface area (Å²) in [5.41, 5.74) is 1.03. The van der Waals surface area contributed by atoms with Gasteiger partial charge in [-0.3, -0.25) is 4.98 Å². The second kappa shape index (κ2) is 6.93. The predicted molar refractivity (Wildman–Crippen MR) is 91.5 cm³/mol. The van der Waals surface area contributed by atoms with Gasteiger partial charge in [0.25, 0.3) is 0 Å². The molecule has 2 aliphatic rings. The maximum absolute atomic E-state index is 6.11. The lowest BCUT2D eigenvalue weighted by Crippen LogP contribution is -2.66. The third kappa shape index (κ3) is 3.57. The largest absolute Gasteiger partial charge is 0.481 e. The average Bonchev–Trinajstić information content (AvgIpc) is 2.65. The molecule has 0 aliphatic carbocycles. The molecule has 132 valence electrons. The molecule has 1 spiro atoms. The van der Waals surface area contributed by atoms with E-state index in [9.17, 15) is 0 Å². The number of aromatic nitrogens is 3. The number of nitrogens with zero attached hydrogens (tertiary/aromatic N) is 4. The topological polar surface area (TPSA) is 69.6 Å². The number of rotatable bonds is 5. The molecule has 2 aromatic rings. The molecular weight excluding hydrogens is 320 g/mol. The van der Waals surface area contributed by atoms with Crippen molar-refractivity contribution >= 4 is 5.82 Å². The number of methoxy groups -OCH3 is 1. The van der Waals surface area contributed by atoms with Crippen molar-refractivity contribution in [1.29, 1.82) is 0 Å². The van der Waals surface area contributed by atoms with Crippen LogP contribution in [0.1, 0.15) is 18.4 Å². The van der Waals surface area contributed by atoms with Gasteiger partial charge in [-0.25, -0.2) is 9.97 Å². The molecular formula is C18H22N4O3. The van der Waals surface area contributed by atoms with Gasteiger partial charge in [0.05, 0.1) is 32.9 Å². The van der Waals surface area contributed by atoms with E-state index in [-0.39, 0.29) is 11.7 Å². The Kier molecular flexibility index (Phi) is 4.50. The molecule has 7 heteroatoms. The molecule has 0 amide bonds. The van der Waals surface area contributed by atoms with Gasteiger partial charge < -0.3 is 19.1 Å². The van der Waals surface area contributed by atoms with Gasteiger partial charge in [-0.2, -0.15) is 0 Å². The standard InChI is InChI=1S/C18H22N4O3/c1-23-17-8-16(20-13-21-17)22-11-18(12-22)9-15(4-7-25-18)24-10-14-2-5-19-6-3-14/h2-3,5-6,8,13,15H,4,7,9-12H2,1H3/t15-/m0/s1. The van der Waals surface area contributed by atoms with E-state index in [0.29, 0.717) is 12.5 Å². The fraction of sp³-hybridized carbons (Fsp3) is 0.500. The van der Waals surface area contributed by atoms with Gasteiger partial charge in [0.2, 0.25) is 5.88 Å². The summed E-state index contributed by atoms with van der Waals surface area (Å²) in [6.45, 7) is 3.00. The quantitative estimate of drug-likeness (QED) is 0.821. The lowest BCUT2D eigenvalue weighted by molar-refractivity contribution is -0.148. The molecule has 4 heterocycles. The van der Waals surface area contributed by atoms with Crippen LogP contribution in [0, 0.1) is 0 Å². The molecule has 0 aromatic carbocycles. The zero-order valence-corrected chi connectivity index (χ0v) is 14.3. The third-order valence-electron chi connectivity index (χ3n) is 4.80. The number of ether oxygens (including phenoxy) is 3. The van der Waals surface area contributed by atoms with Crippen molar-refractivity contribution in [2.75, 3.05) is 31.7 Å². The Morgan fingerprint density at radius 1 is 1.28 bits per heavy atom. The van der Waals surface area contributed by atoms with E-state index in [2.05, 4.69) is 19.9 Å². The minimum atomic E-state index is -0.126. The lowest BCUT2D eigenvalue weighted by Gasteiger charge is -2.53. The first-order valence-electron chi connectivity index (χ1n) is 8.52. The first-order valence-corrected chi connectivity index (χ1v) is 8.52. The number of hydrogen-bond acceptors (Lipinski definition) is 7. The molecule has 25 heavy (non-hydrogen) atoms. The van der Waals surface area contributed by atoms with Gasteiger partial charge in [-0.05, 0) is 24.1 Å². The fourth-order valence-electron chi connectivity index (χ4n) is 3.46. The smallest absolute Gasteiger partial charge is 0.218 e. The fourth-order valence-corrected chi connectivity index (χ4v) is 3.46. The first kappa shape index (κ1) is 16.2. The second-order valence-electron chi connectivity index (χ2n) is 6.59. The summed E-state index contributed by atoms with van der Waals surface area (Å²) in [7, 11) is 1.61. The van der Waals surface area contributed by atoms with Crippen LogP contribution in [-0.4, -0.2) is 53.5 Å². The van der Waals surface area contributed by atoms with Crippen molar-refractivity contribution < 1.29 is 14.2 Å². The monoisotopic (exact) mass is 342 g/mol. The van der Waals surface area contributed by atoms with Gasteiger partial charge >= 0.3 is 0 Å². The van der Waals surface area contributed by atoms with Crippen LogP contribution < -0.4 is 9.64 Å². The number of pyridine rings is 1. The normalized spacial score (nSPS) is 21.8. The highest BCUT2D eigenvalue weighted by Gasteiger charge is 2.48. The van der Waals surface area contributed by atoms with E-state index < -0.39 is 0 Å². The van der Waals surface area contributed by atoms with Gasteiger partial charge in [-0.15, -0.1) is 0 Å². The molecule has 0 saturated carbocycles. The SMILES string of the molecule is COc1cc(N2CC3(C[C@@H](OCc4ccncc4)CCO3)C2)ncn1. The van der Waals surface area contributed by atoms with Crippen LogP contribution in [-0.2, 0) is 16.1 Å². The van der Waals surface area contributed by atoms with Gasteiger partial charge in [0, 0.05) is 31.5 Å². The Hall–Kier alpha value is -2.25. The molecule has 7 nitrogen and oxygen atoms in total. The summed E-state index contributed by atoms with van der Waals surface area (Å²) in [6.07, 6.45) is 7.20. The Morgan fingerprint density at radius 3 is 2.92 bits per heavy atom. The lowest BCUT2D eigenvalue weighted by atomic mass is 9.84. The molecule has 0 radical (unpaired) electrons. The molecule has 0 unspecified atom stereocenters. The van der Waals surface area contributed by atoms with Crippen LogP contribution >= 0.6 is 0 Å². The number of hydrogen-bond donors (Lipinski definition) is 0. The van der Waals surface area contributed by atoms with Gasteiger partial charge in [-0.1, -0.05) is 0 Å². The van der Waals surface area contributed by atoms with Crippen molar-refractivity contribution in [3.63, 3.8) is 0 Å². The summed E-state index contributed by atoms with van der Waals surface area (Å²) >= 11 is 0. The van der Waals surface area contributed by atoms with Crippen LogP contribution in [0.15, 0.2) is 36.9 Å². The maximum Gasteiger partial charge on any atom is 0.218 e. The van der Waals surface area contributed by atoms with E-state index in [0.717, 1.165) is 43.9 Å². The molecule has 2 aliphatic heterocycles.